The van der Waals surface area contributed by atoms with E-state index in [1.54, 1.807) is 32.0 Å². The highest BCUT2D eigenvalue weighted by Gasteiger charge is 2.13. The van der Waals surface area contributed by atoms with Gasteiger partial charge in [-0.3, -0.25) is 14.4 Å². The van der Waals surface area contributed by atoms with Crippen LogP contribution < -0.4 is 10.6 Å². The molecule has 0 fully saturated rings. The summed E-state index contributed by atoms with van der Waals surface area (Å²) in [6, 6.07) is 4.85. The van der Waals surface area contributed by atoms with Gasteiger partial charge in [-0.05, 0) is 30.2 Å². The van der Waals surface area contributed by atoms with E-state index in [1.807, 2.05) is 0 Å². The Balaban J connectivity index is 2.33. The van der Waals surface area contributed by atoms with Crippen LogP contribution in [0, 0.1) is 0 Å². The number of Topliss-reactive ketones (excluding diaryl/α,β-unsaturated/α-hetero) is 1. The summed E-state index contributed by atoms with van der Waals surface area (Å²) in [6.45, 7) is 6.19. The van der Waals surface area contributed by atoms with Crippen molar-refractivity contribution in [2.24, 2.45) is 5.11 Å². The van der Waals surface area contributed by atoms with E-state index >= 15 is 0 Å². The molecule has 1 aromatic carbocycles. The SMILES string of the molecule is CCC(=O)Nc1ccc(C(=O)CCCOCCOCCOCCN=[N+]=[N-])cc1NC(=O)CC. The van der Waals surface area contributed by atoms with Gasteiger partial charge in [-0.1, -0.05) is 19.0 Å². The number of carbonyl (C=O) groups is 3. The van der Waals surface area contributed by atoms with Crippen LogP contribution in [0.5, 0.6) is 0 Å². The normalized spacial score (nSPS) is 10.4. The number of nitrogens with one attached hydrogen (secondary N) is 2. The quantitative estimate of drug-likeness (QED) is 0.111. The van der Waals surface area contributed by atoms with E-state index in [9.17, 15) is 14.4 Å². The van der Waals surface area contributed by atoms with E-state index in [0.29, 0.717) is 82.4 Å². The zero-order valence-electron chi connectivity index (χ0n) is 19.3. The van der Waals surface area contributed by atoms with E-state index in [-0.39, 0.29) is 24.0 Å². The van der Waals surface area contributed by atoms with Crippen molar-refractivity contribution in [3.63, 3.8) is 0 Å². The summed E-state index contributed by atoms with van der Waals surface area (Å²) >= 11 is 0. The Morgan fingerprint density at radius 2 is 1.45 bits per heavy atom. The first kappa shape index (κ1) is 28.1. The molecule has 1 aromatic rings. The molecule has 0 atom stereocenters. The fraction of sp³-hybridized carbons (Fsp3) is 0.591. The van der Waals surface area contributed by atoms with Crippen LogP contribution in [-0.4, -0.2) is 63.8 Å². The average Bonchev–Trinajstić information content (AvgIpc) is 2.82. The lowest BCUT2D eigenvalue weighted by molar-refractivity contribution is -0.116. The van der Waals surface area contributed by atoms with E-state index in [1.165, 1.54) is 0 Å². The molecule has 0 saturated heterocycles. The number of rotatable bonds is 18. The van der Waals surface area contributed by atoms with Crippen molar-refractivity contribution >= 4 is 29.0 Å². The standard InChI is InChI=1S/C22H33N5O6/c1-3-21(29)25-18-8-7-17(16-19(18)26-22(30)4-2)20(28)6-5-10-31-12-14-33-15-13-32-11-9-24-27-23/h7-8,16H,3-6,9-15H2,1-2H3,(H,25,29)(H,26,30). The predicted octanol–water partition coefficient (Wildman–Crippen LogP) is 3.71. The van der Waals surface area contributed by atoms with Gasteiger partial charge in [0.1, 0.15) is 0 Å². The lowest BCUT2D eigenvalue weighted by Gasteiger charge is -2.13. The third-order valence-electron chi connectivity index (χ3n) is 4.37. The zero-order valence-corrected chi connectivity index (χ0v) is 19.3. The highest BCUT2D eigenvalue weighted by molar-refractivity contribution is 6.03. The number of hydrogen-bond acceptors (Lipinski definition) is 7. The number of ether oxygens (including phenoxy) is 3. The lowest BCUT2D eigenvalue weighted by Crippen LogP contribution is -2.16. The van der Waals surface area contributed by atoms with Crippen molar-refractivity contribution in [2.45, 2.75) is 39.5 Å². The fourth-order valence-electron chi connectivity index (χ4n) is 2.58. The van der Waals surface area contributed by atoms with Crippen molar-refractivity contribution in [3.05, 3.63) is 34.2 Å². The van der Waals surface area contributed by atoms with Crippen molar-refractivity contribution < 1.29 is 28.6 Å². The number of ketones is 1. The predicted molar refractivity (Wildman–Crippen MR) is 124 cm³/mol. The molecule has 0 aliphatic heterocycles. The second-order valence-corrected chi connectivity index (χ2v) is 6.88. The summed E-state index contributed by atoms with van der Waals surface area (Å²) < 4.78 is 16.0. The number of carbonyl (C=O) groups excluding carboxylic acids is 3. The Labute approximate surface area is 193 Å². The van der Waals surface area contributed by atoms with Crippen molar-refractivity contribution in [1.29, 1.82) is 0 Å². The summed E-state index contributed by atoms with van der Waals surface area (Å²) in [5.74, 6) is -0.463. The largest absolute Gasteiger partial charge is 0.379 e. The van der Waals surface area contributed by atoms with Gasteiger partial charge in [0.15, 0.2) is 5.78 Å². The molecule has 0 unspecified atom stereocenters. The number of nitrogens with zero attached hydrogens (tertiary/aromatic N) is 3. The molecule has 33 heavy (non-hydrogen) atoms. The molecule has 0 radical (unpaired) electrons. The van der Waals surface area contributed by atoms with Crippen LogP contribution in [-0.2, 0) is 23.8 Å². The number of amides is 2. The number of hydrogen-bond donors (Lipinski definition) is 2. The molecule has 0 bridgehead atoms. The van der Waals surface area contributed by atoms with Crippen molar-refractivity contribution in [1.82, 2.24) is 0 Å². The molecule has 11 heteroatoms. The van der Waals surface area contributed by atoms with Crippen molar-refractivity contribution in [2.75, 3.05) is 56.8 Å². The minimum absolute atomic E-state index is 0.0758. The lowest BCUT2D eigenvalue weighted by atomic mass is 10.0. The summed E-state index contributed by atoms with van der Waals surface area (Å²) in [7, 11) is 0. The minimum Gasteiger partial charge on any atom is -0.379 e. The molecule has 2 amide bonds. The Morgan fingerprint density at radius 1 is 0.879 bits per heavy atom. The maximum Gasteiger partial charge on any atom is 0.224 e. The fourth-order valence-corrected chi connectivity index (χ4v) is 2.58. The molecule has 0 heterocycles. The number of anilines is 2. The molecule has 0 aliphatic rings. The summed E-state index contributed by atoms with van der Waals surface area (Å²) in [6.07, 6.45) is 1.43. The van der Waals surface area contributed by atoms with Crippen LogP contribution in [0.2, 0.25) is 0 Å². The van der Waals surface area contributed by atoms with Gasteiger partial charge < -0.3 is 24.8 Å². The average molecular weight is 464 g/mol. The minimum atomic E-state index is -0.207. The topological polar surface area (TPSA) is 152 Å². The van der Waals surface area contributed by atoms with Crippen LogP contribution >= 0.6 is 0 Å². The van der Waals surface area contributed by atoms with Gasteiger partial charge in [0.25, 0.3) is 0 Å². The molecule has 0 spiro atoms. The van der Waals surface area contributed by atoms with Gasteiger partial charge in [-0.25, -0.2) is 0 Å². The van der Waals surface area contributed by atoms with Gasteiger partial charge in [0.05, 0.1) is 44.4 Å². The maximum atomic E-state index is 12.5. The van der Waals surface area contributed by atoms with E-state index in [2.05, 4.69) is 20.7 Å². The van der Waals surface area contributed by atoms with Gasteiger partial charge in [-0.15, -0.1) is 0 Å². The summed E-state index contributed by atoms with van der Waals surface area (Å²) in [4.78, 5) is 38.7. The maximum absolute atomic E-state index is 12.5. The van der Waals surface area contributed by atoms with E-state index in [4.69, 9.17) is 19.7 Å². The van der Waals surface area contributed by atoms with Gasteiger partial charge >= 0.3 is 0 Å². The molecule has 1 rings (SSSR count). The van der Waals surface area contributed by atoms with Crippen LogP contribution in [0.4, 0.5) is 11.4 Å². The second-order valence-electron chi connectivity index (χ2n) is 6.88. The first-order valence-electron chi connectivity index (χ1n) is 11.0. The van der Waals surface area contributed by atoms with Gasteiger partial charge in [0, 0.05) is 42.9 Å². The number of azide groups is 1. The third kappa shape index (κ3) is 12.6. The summed E-state index contributed by atoms with van der Waals surface area (Å²) in [5.41, 5.74) is 9.45. The van der Waals surface area contributed by atoms with Gasteiger partial charge in [-0.2, -0.15) is 0 Å². The highest BCUT2D eigenvalue weighted by atomic mass is 16.5. The molecular formula is C22H33N5O6. The molecule has 182 valence electrons. The zero-order chi connectivity index (χ0) is 24.3. The van der Waals surface area contributed by atoms with E-state index < -0.39 is 0 Å². The van der Waals surface area contributed by atoms with E-state index in [0.717, 1.165) is 0 Å². The molecule has 0 aliphatic carbocycles. The molecule has 0 aromatic heterocycles. The van der Waals surface area contributed by atoms with Crippen LogP contribution in [0.3, 0.4) is 0 Å². The van der Waals surface area contributed by atoms with Crippen LogP contribution in [0.1, 0.15) is 49.9 Å². The van der Waals surface area contributed by atoms with Crippen LogP contribution in [0.15, 0.2) is 23.3 Å². The Bertz CT molecular complexity index is 810. The second kappa shape index (κ2) is 17.6. The Morgan fingerprint density at radius 3 is 2.06 bits per heavy atom. The molecular weight excluding hydrogens is 430 g/mol. The highest BCUT2D eigenvalue weighted by Crippen LogP contribution is 2.25. The molecule has 11 nitrogen and oxygen atoms in total. The third-order valence-corrected chi connectivity index (χ3v) is 4.37. The molecule has 2 N–H and O–H groups in total. The van der Waals surface area contributed by atoms with Crippen molar-refractivity contribution in [3.8, 4) is 0 Å². The first-order valence-corrected chi connectivity index (χ1v) is 11.0. The van der Waals surface area contributed by atoms with Gasteiger partial charge in [0.2, 0.25) is 11.8 Å². The van der Waals surface area contributed by atoms with Crippen LogP contribution in [0.25, 0.3) is 10.4 Å². The Hall–Kier alpha value is -2.98. The summed E-state index contributed by atoms with van der Waals surface area (Å²) in [5, 5.41) is 8.81. The monoisotopic (exact) mass is 463 g/mol. The molecule has 0 saturated carbocycles. The number of benzene rings is 1. The first-order chi connectivity index (χ1) is 16.0. The smallest absolute Gasteiger partial charge is 0.224 e. The Kier molecular flexibility index (Phi) is 14.9.